The van der Waals surface area contributed by atoms with E-state index in [0.29, 0.717) is 5.88 Å². The van der Waals surface area contributed by atoms with Crippen LogP contribution >= 0.6 is 11.3 Å². The molecule has 1 aliphatic carbocycles. The van der Waals surface area contributed by atoms with Gasteiger partial charge < -0.3 is 10.1 Å². The summed E-state index contributed by atoms with van der Waals surface area (Å²) in [7, 11) is 0. The Morgan fingerprint density at radius 2 is 1.65 bits per heavy atom. The fourth-order valence-electron chi connectivity index (χ4n) is 4.16. The number of thiophene rings is 1. The fourth-order valence-corrected chi connectivity index (χ4v) is 5.38. The summed E-state index contributed by atoms with van der Waals surface area (Å²) in [5.74, 6) is 0.323. The molecule has 6 heteroatoms. The first-order chi connectivity index (χ1) is 15.3. The monoisotopic (exact) mass is 429 g/mol. The van der Waals surface area contributed by atoms with Gasteiger partial charge in [-0.15, -0.1) is 11.3 Å². The molecule has 5 nitrogen and oxygen atoms in total. The van der Waals surface area contributed by atoms with Crippen LogP contribution in [-0.4, -0.2) is 22.5 Å². The summed E-state index contributed by atoms with van der Waals surface area (Å²) in [4.78, 5) is 24.0. The number of hydrogen-bond acceptors (Lipinski definition) is 5. The number of carbonyl (C=O) groups excluding carboxylic acids is 1. The van der Waals surface area contributed by atoms with Gasteiger partial charge in [0.2, 0.25) is 5.88 Å². The number of hydrogen-bond donors (Lipinski definition) is 1. The summed E-state index contributed by atoms with van der Waals surface area (Å²) in [6, 6.07) is 19.7. The van der Waals surface area contributed by atoms with Crippen molar-refractivity contribution in [2.45, 2.75) is 31.7 Å². The Kier molecular flexibility index (Phi) is 5.63. The molecule has 2 heterocycles. The van der Waals surface area contributed by atoms with Gasteiger partial charge in [-0.1, -0.05) is 60.7 Å². The highest BCUT2D eigenvalue weighted by atomic mass is 32.1. The van der Waals surface area contributed by atoms with Crippen molar-refractivity contribution < 1.29 is 9.53 Å². The number of fused-ring (bicyclic) bond motifs is 3. The van der Waals surface area contributed by atoms with Crippen LogP contribution in [0.25, 0.3) is 10.2 Å². The zero-order valence-electron chi connectivity index (χ0n) is 17.1. The maximum Gasteiger partial charge on any atom is 0.258 e. The SMILES string of the molecule is O=C(COc1ncnc2sc3c(c12)CCCC3)NC(c1ccccc1)c1ccccc1. The highest BCUT2D eigenvalue weighted by Gasteiger charge is 2.22. The lowest BCUT2D eigenvalue weighted by Crippen LogP contribution is -2.33. The van der Waals surface area contributed by atoms with E-state index in [-0.39, 0.29) is 18.6 Å². The van der Waals surface area contributed by atoms with E-state index in [2.05, 4.69) is 15.3 Å². The normalized spacial score (nSPS) is 13.2. The van der Waals surface area contributed by atoms with Gasteiger partial charge in [-0.05, 0) is 42.4 Å². The number of aromatic nitrogens is 2. The van der Waals surface area contributed by atoms with Crippen LogP contribution in [0.15, 0.2) is 67.0 Å². The molecule has 0 saturated carbocycles. The lowest BCUT2D eigenvalue weighted by Gasteiger charge is -2.20. The van der Waals surface area contributed by atoms with Gasteiger partial charge in [0, 0.05) is 4.88 Å². The molecule has 0 saturated heterocycles. The van der Waals surface area contributed by atoms with Crippen molar-refractivity contribution in [1.82, 2.24) is 15.3 Å². The van der Waals surface area contributed by atoms with Crippen LogP contribution in [0.4, 0.5) is 0 Å². The van der Waals surface area contributed by atoms with E-state index in [9.17, 15) is 4.79 Å². The minimum atomic E-state index is -0.238. The number of nitrogens with zero attached hydrogens (tertiary/aromatic N) is 2. The van der Waals surface area contributed by atoms with Crippen LogP contribution in [0.5, 0.6) is 5.88 Å². The summed E-state index contributed by atoms with van der Waals surface area (Å²) in [6.07, 6.45) is 6.02. The molecule has 0 unspecified atom stereocenters. The highest BCUT2D eigenvalue weighted by molar-refractivity contribution is 7.18. The maximum absolute atomic E-state index is 12.9. The molecular weight excluding hydrogens is 406 g/mol. The van der Waals surface area contributed by atoms with Crippen molar-refractivity contribution in [3.63, 3.8) is 0 Å². The number of nitrogens with one attached hydrogen (secondary N) is 1. The third-order valence-electron chi connectivity index (χ3n) is 5.63. The van der Waals surface area contributed by atoms with Crippen molar-refractivity contribution >= 4 is 27.5 Å². The van der Waals surface area contributed by atoms with Crippen molar-refractivity contribution in [1.29, 1.82) is 0 Å². The van der Waals surface area contributed by atoms with E-state index in [4.69, 9.17) is 4.74 Å². The summed E-state index contributed by atoms with van der Waals surface area (Å²) in [5, 5.41) is 4.10. The molecule has 0 fully saturated rings. The third-order valence-corrected chi connectivity index (χ3v) is 6.83. The zero-order valence-corrected chi connectivity index (χ0v) is 17.9. The van der Waals surface area contributed by atoms with Crippen LogP contribution in [0.2, 0.25) is 0 Å². The third kappa shape index (κ3) is 4.16. The van der Waals surface area contributed by atoms with E-state index in [1.165, 1.54) is 29.6 Å². The predicted octanol–water partition coefficient (Wildman–Crippen LogP) is 4.85. The molecule has 2 aromatic carbocycles. The van der Waals surface area contributed by atoms with E-state index in [1.807, 2.05) is 60.7 Å². The standard InChI is InChI=1S/C25H23N3O2S/c29-21(28-23(17-9-3-1-4-10-17)18-11-5-2-6-12-18)15-30-24-22-19-13-7-8-14-20(19)31-25(22)27-16-26-24/h1-6,9-12,16,23H,7-8,13-15H2,(H,28,29). The Balaban J connectivity index is 1.35. The average molecular weight is 430 g/mol. The number of aryl methyl sites for hydroxylation is 2. The largest absolute Gasteiger partial charge is 0.467 e. The van der Waals surface area contributed by atoms with Crippen LogP contribution in [0.1, 0.15) is 40.5 Å². The van der Waals surface area contributed by atoms with Crippen LogP contribution in [0.3, 0.4) is 0 Å². The van der Waals surface area contributed by atoms with Gasteiger partial charge in [-0.2, -0.15) is 0 Å². The Hall–Kier alpha value is -3.25. The molecule has 2 aromatic heterocycles. The first-order valence-electron chi connectivity index (χ1n) is 10.6. The average Bonchev–Trinajstić information content (AvgIpc) is 3.21. The Morgan fingerprint density at radius 3 is 2.35 bits per heavy atom. The van der Waals surface area contributed by atoms with Crippen LogP contribution in [-0.2, 0) is 17.6 Å². The maximum atomic E-state index is 12.9. The van der Waals surface area contributed by atoms with Gasteiger partial charge >= 0.3 is 0 Å². The second kappa shape index (κ2) is 8.86. The molecule has 31 heavy (non-hydrogen) atoms. The summed E-state index contributed by atoms with van der Waals surface area (Å²) < 4.78 is 5.92. The lowest BCUT2D eigenvalue weighted by molar-refractivity contribution is -0.123. The Bertz CT molecular complexity index is 1150. The second-order valence-corrected chi connectivity index (χ2v) is 8.76. The number of ether oxygens (including phenoxy) is 1. The highest BCUT2D eigenvalue weighted by Crippen LogP contribution is 2.38. The first-order valence-corrected chi connectivity index (χ1v) is 11.4. The fraction of sp³-hybridized carbons (Fsp3) is 0.240. The number of rotatable bonds is 6. The van der Waals surface area contributed by atoms with E-state index >= 15 is 0 Å². The van der Waals surface area contributed by atoms with Crippen molar-refractivity contribution in [3.05, 3.63) is 88.6 Å². The molecule has 0 bridgehead atoms. The minimum Gasteiger partial charge on any atom is -0.467 e. The molecule has 1 amide bonds. The molecule has 0 atom stereocenters. The molecule has 5 rings (SSSR count). The quantitative estimate of drug-likeness (QED) is 0.476. The lowest BCUT2D eigenvalue weighted by atomic mass is 9.97. The smallest absolute Gasteiger partial charge is 0.258 e. The molecule has 4 aromatic rings. The minimum absolute atomic E-state index is 0.0904. The summed E-state index contributed by atoms with van der Waals surface area (Å²) in [5.41, 5.74) is 3.35. The molecule has 0 aliphatic heterocycles. The zero-order chi connectivity index (χ0) is 21.0. The van der Waals surface area contributed by atoms with Gasteiger partial charge in [0.15, 0.2) is 6.61 Å². The molecule has 0 spiro atoms. The van der Waals surface area contributed by atoms with Crippen molar-refractivity contribution in [2.75, 3.05) is 6.61 Å². The second-order valence-electron chi connectivity index (χ2n) is 7.68. The molecular formula is C25H23N3O2S. The van der Waals surface area contributed by atoms with Gasteiger partial charge in [0.05, 0.1) is 11.4 Å². The first kappa shape index (κ1) is 19.7. The number of benzene rings is 2. The van der Waals surface area contributed by atoms with Crippen LogP contribution in [0, 0.1) is 0 Å². The summed E-state index contributed by atoms with van der Waals surface area (Å²) in [6.45, 7) is -0.0904. The summed E-state index contributed by atoms with van der Waals surface area (Å²) >= 11 is 1.72. The Labute approximate surface area is 185 Å². The van der Waals surface area contributed by atoms with Gasteiger partial charge in [-0.3, -0.25) is 4.79 Å². The number of amides is 1. The Morgan fingerprint density at radius 1 is 0.968 bits per heavy atom. The molecule has 0 radical (unpaired) electrons. The van der Waals surface area contributed by atoms with E-state index < -0.39 is 0 Å². The van der Waals surface area contributed by atoms with E-state index in [0.717, 1.165) is 34.2 Å². The van der Waals surface area contributed by atoms with Gasteiger partial charge in [-0.25, -0.2) is 9.97 Å². The van der Waals surface area contributed by atoms with Crippen molar-refractivity contribution in [2.24, 2.45) is 0 Å². The van der Waals surface area contributed by atoms with Gasteiger partial charge in [0.25, 0.3) is 5.91 Å². The molecule has 1 N–H and O–H groups in total. The van der Waals surface area contributed by atoms with Gasteiger partial charge in [0.1, 0.15) is 11.2 Å². The van der Waals surface area contributed by atoms with Crippen LogP contribution < -0.4 is 10.1 Å². The topological polar surface area (TPSA) is 64.1 Å². The van der Waals surface area contributed by atoms with E-state index in [1.54, 1.807) is 11.3 Å². The van der Waals surface area contributed by atoms with Crippen molar-refractivity contribution in [3.8, 4) is 5.88 Å². The predicted molar refractivity (Wildman–Crippen MR) is 122 cm³/mol. The molecule has 156 valence electrons. The number of carbonyl (C=O) groups is 1. The molecule has 1 aliphatic rings.